The van der Waals surface area contributed by atoms with E-state index in [2.05, 4.69) is 22.1 Å². The van der Waals surface area contributed by atoms with Gasteiger partial charge in [0.1, 0.15) is 0 Å². The van der Waals surface area contributed by atoms with Gasteiger partial charge >= 0.3 is 0 Å². The van der Waals surface area contributed by atoms with Crippen LogP contribution >= 0.6 is 23.2 Å². The summed E-state index contributed by atoms with van der Waals surface area (Å²) in [6.07, 6.45) is 4.68. The summed E-state index contributed by atoms with van der Waals surface area (Å²) >= 11 is 13.0. The maximum atomic E-state index is 6.55. The van der Waals surface area contributed by atoms with Gasteiger partial charge in [-0.2, -0.15) is 0 Å². The van der Waals surface area contributed by atoms with Gasteiger partial charge in [0.05, 0.1) is 26.8 Å². The number of nitrogens with one attached hydrogen (secondary N) is 1. The molecule has 0 radical (unpaired) electrons. The van der Waals surface area contributed by atoms with Gasteiger partial charge in [0.2, 0.25) is 0 Å². The second kappa shape index (κ2) is 7.28. The molecule has 0 saturated heterocycles. The minimum atomic E-state index is 0.675. The smallest absolute Gasteiger partial charge is 0.0708 e. The van der Waals surface area contributed by atoms with Gasteiger partial charge in [-0.25, -0.2) is 0 Å². The number of pyridine rings is 1. The van der Waals surface area contributed by atoms with E-state index in [-0.39, 0.29) is 0 Å². The van der Waals surface area contributed by atoms with Gasteiger partial charge in [0, 0.05) is 22.5 Å². The molecule has 0 aliphatic heterocycles. The number of benzene rings is 2. The molecule has 0 aliphatic rings. The Hall–Kier alpha value is -2.07. The lowest BCUT2D eigenvalue weighted by atomic mass is 9.98. The molecule has 132 valence electrons. The molecule has 5 heteroatoms. The Morgan fingerprint density at radius 2 is 1.81 bits per heavy atom. The number of hydrogen-bond donors (Lipinski definition) is 2. The molecule has 0 bridgehead atoms. The zero-order chi connectivity index (χ0) is 18.1. The van der Waals surface area contributed by atoms with Gasteiger partial charge in [-0.05, 0) is 55.6 Å². The monoisotopic (exact) mass is 383 g/mol. The van der Waals surface area contributed by atoms with Gasteiger partial charge in [0.25, 0.3) is 0 Å². The van der Waals surface area contributed by atoms with Crippen LogP contribution in [0.3, 0.4) is 0 Å². The fraction of sp³-hybridized carbons (Fsp3) is 0.190. The lowest BCUT2D eigenvalue weighted by Gasteiger charge is -2.08. The van der Waals surface area contributed by atoms with E-state index < -0.39 is 0 Å². The standard InChI is InChI=1S/C21H19Cl2N3/c22-16-9-10-17(23)21-19(16)15(5-1-2-11-24)20(26-21)14-6-3-8-18-13(14)7-4-12-25-18/h3-4,6-10,12,26H,1-2,5,11,24H2. The molecule has 0 fully saturated rings. The Labute approximate surface area is 162 Å². The summed E-state index contributed by atoms with van der Waals surface area (Å²) in [5.41, 5.74) is 10.9. The molecule has 0 unspecified atom stereocenters. The fourth-order valence-corrected chi connectivity index (χ4v) is 4.02. The molecule has 4 rings (SSSR count). The summed E-state index contributed by atoms with van der Waals surface area (Å²) in [5, 5.41) is 3.50. The minimum Gasteiger partial charge on any atom is -0.353 e. The number of unbranched alkanes of at least 4 members (excludes halogenated alkanes) is 1. The van der Waals surface area contributed by atoms with Crippen molar-refractivity contribution in [3.8, 4) is 11.3 Å². The van der Waals surface area contributed by atoms with Crippen LogP contribution in [0.5, 0.6) is 0 Å². The van der Waals surface area contributed by atoms with Gasteiger partial charge in [0.15, 0.2) is 0 Å². The van der Waals surface area contributed by atoms with E-state index in [1.54, 1.807) is 0 Å². The number of H-pyrrole nitrogens is 1. The number of fused-ring (bicyclic) bond motifs is 2. The lowest BCUT2D eigenvalue weighted by molar-refractivity contribution is 0.748. The predicted octanol–water partition coefficient (Wildman–Crippen LogP) is 5.97. The van der Waals surface area contributed by atoms with E-state index in [0.717, 1.165) is 52.3 Å². The van der Waals surface area contributed by atoms with Crippen LogP contribution in [-0.4, -0.2) is 16.5 Å². The summed E-state index contributed by atoms with van der Waals surface area (Å²) in [5.74, 6) is 0. The number of aromatic amines is 1. The first-order chi connectivity index (χ1) is 12.7. The van der Waals surface area contributed by atoms with Crippen LogP contribution in [0.4, 0.5) is 0 Å². The SMILES string of the molecule is NCCCCc1c(-c2cccc3ncccc23)[nH]c2c(Cl)ccc(Cl)c12. The Bertz CT molecular complexity index is 1080. The zero-order valence-electron chi connectivity index (χ0n) is 14.2. The summed E-state index contributed by atoms with van der Waals surface area (Å²) < 4.78 is 0. The molecular formula is C21H19Cl2N3. The molecule has 3 N–H and O–H groups in total. The second-order valence-corrected chi connectivity index (χ2v) is 7.19. The van der Waals surface area contributed by atoms with Gasteiger partial charge < -0.3 is 10.7 Å². The van der Waals surface area contributed by atoms with Crippen molar-refractivity contribution in [2.75, 3.05) is 6.54 Å². The van der Waals surface area contributed by atoms with E-state index in [0.29, 0.717) is 16.6 Å². The van der Waals surface area contributed by atoms with E-state index >= 15 is 0 Å². The largest absolute Gasteiger partial charge is 0.353 e. The van der Waals surface area contributed by atoms with E-state index in [9.17, 15) is 0 Å². The van der Waals surface area contributed by atoms with Crippen LogP contribution in [0.2, 0.25) is 10.0 Å². The third-order valence-corrected chi connectivity index (χ3v) is 5.38. The Balaban J connectivity index is 2.00. The minimum absolute atomic E-state index is 0.675. The van der Waals surface area contributed by atoms with Crippen molar-refractivity contribution >= 4 is 45.0 Å². The molecule has 0 spiro atoms. The number of nitrogens with zero attached hydrogens (tertiary/aromatic N) is 1. The summed E-state index contributed by atoms with van der Waals surface area (Å²) in [4.78, 5) is 8.01. The summed E-state index contributed by atoms with van der Waals surface area (Å²) in [6.45, 7) is 0.685. The van der Waals surface area contributed by atoms with E-state index in [1.165, 1.54) is 5.56 Å². The van der Waals surface area contributed by atoms with Crippen molar-refractivity contribution in [2.45, 2.75) is 19.3 Å². The van der Waals surface area contributed by atoms with E-state index in [4.69, 9.17) is 28.9 Å². The van der Waals surface area contributed by atoms with Crippen LogP contribution in [0.1, 0.15) is 18.4 Å². The normalized spacial score (nSPS) is 11.5. The average molecular weight is 384 g/mol. The van der Waals surface area contributed by atoms with Crippen molar-refractivity contribution in [2.24, 2.45) is 5.73 Å². The zero-order valence-corrected chi connectivity index (χ0v) is 15.7. The van der Waals surface area contributed by atoms with Crippen molar-refractivity contribution < 1.29 is 0 Å². The molecule has 0 amide bonds. The molecule has 2 aromatic heterocycles. The topological polar surface area (TPSA) is 54.7 Å². The Morgan fingerprint density at radius 1 is 0.962 bits per heavy atom. The van der Waals surface area contributed by atoms with Crippen LogP contribution in [-0.2, 0) is 6.42 Å². The number of aryl methyl sites for hydroxylation is 1. The van der Waals surface area contributed by atoms with Gasteiger partial charge in [-0.1, -0.05) is 41.4 Å². The third-order valence-electron chi connectivity index (χ3n) is 4.75. The highest BCUT2D eigenvalue weighted by molar-refractivity contribution is 6.40. The maximum absolute atomic E-state index is 6.55. The highest BCUT2D eigenvalue weighted by Crippen LogP contribution is 2.40. The van der Waals surface area contributed by atoms with Crippen molar-refractivity contribution in [3.05, 3.63) is 64.3 Å². The quantitative estimate of drug-likeness (QED) is 0.417. The first-order valence-electron chi connectivity index (χ1n) is 8.73. The molecule has 0 atom stereocenters. The first-order valence-corrected chi connectivity index (χ1v) is 9.49. The molecule has 2 heterocycles. The van der Waals surface area contributed by atoms with Crippen molar-refractivity contribution in [3.63, 3.8) is 0 Å². The number of hydrogen-bond acceptors (Lipinski definition) is 2. The Kier molecular flexibility index (Phi) is 4.86. The molecular weight excluding hydrogens is 365 g/mol. The summed E-state index contributed by atoms with van der Waals surface area (Å²) in [6, 6.07) is 13.9. The van der Waals surface area contributed by atoms with Crippen LogP contribution in [0, 0.1) is 0 Å². The Morgan fingerprint density at radius 3 is 2.65 bits per heavy atom. The molecule has 4 aromatic rings. The van der Waals surface area contributed by atoms with Gasteiger partial charge in [-0.3, -0.25) is 4.98 Å². The van der Waals surface area contributed by atoms with Gasteiger partial charge in [-0.15, -0.1) is 0 Å². The highest BCUT2D eigenvalue weighted by Gasteiger charge is 2.18. The summed E-state index contributed by atoms with van der Waals surface area (Å²) in [7, 11) is 0. The number of halogens is 2. The number of rotatable bonds is 5. The number of nitrogens with two attached hydrogens (primary N) is 1. The molecule has 0 aliphatic carbocycles. The molecule has 26 heavy (non-hydrogen) atoms. The fourth-order valence-electron chi connectivity index (χ4n) is 3.54. The predicted molar refractivity (Wildman–Crippen MR) is 111 cm³/mol. The van der Waals surface area contributed by atoms with Crippen molar-refractivity contribution in [1.29, 1.82) is 0 Å². The molecule has 3 nitrogen and oxygen atoms in total. The third kappa shape index (κ3) is 2.96. The second-order valence-electron chi connectivity index (χ2n) is 6.38. The highest BCUT2D eigenvalue weighted by atomic mass is 35.5. The average Bonchev–Trinajstić information content (AvgIpc) is 3.05. The van der Waals surface area contributed by atoms with Crippen LogP contribution < -0.4 is 5.73 Å². The molecule has 2 aromatic carbocycles. The van der Waals surface area contributed by atoms with E-state index in [1.807, 2.05) is 36.5 Å². The van der Waals surface area contributed by atoms with Crippen LogP contribution in [0.25, 0.3) is 33.1 Å². The lowest BCUT2D eigenvalue weighted by Crippen LogP contribution is -1.99. The maximum Gasteiger partial charge on any atom is 0.0708 e. The first kappa shape index (κ1) is 17.3. The van der Waals surface area contributed by atoms with Crippen LogP contribution in [0.15, 0.2) is 48.7 Å². The van der Waals surface area contributed by atoms with Crippen molar-refractivity contribution in [1.82, 2.24) is 9.97 Å². The molecule has 0 saturated carbocycles. The number of aromatic nitrogens is 2.